The van der Waals surface area contributed by atoms with Crippen LogP contribution < -0.4 is 5.73 Å². The number of pyridine rings is 5. The largest absolute Gasteiger partial charge is 0.477 e. The van der Waals surface area contributed by atoms with Gasteiger partial charge < -0.3 is 20.3 Å². The molecule has 2 fully saturated rings. The number of carboxylic acids is 1. The number of amides is 1. The fraction of sp³-hybridized carbons (Fsp3) is 0.436. The maximum Gasteiger partial charge on any atom is 0.418 e. The number of alkyl halides is 2. The number of aromatic carboxylic acids is 1. The molecule has 0 radical (unpaired) electrons. The highest BCUT2D eigenvalue weighted by Crippen LogP contribution is 2.67. The topological polar surface area (TPSA) is 300 Å². The molecule has 5 aromatic rings. The van der Waals surface area contributed by atoms with Crippen LogP contribution in [0.25, 0.3) is 0 Å². The van der Waals surface area contributed by atoms with Crippen LogP contribution in [-0.2, 0) is 43.8 Å². The number of aliphatic imine (C=N–C) groups is 2. The van der Waals surface area contributed by atoms with Gasteiger partial charge in [0, 0.05) is 81.5 Å². The summed E-state index contributed by atoms with van der Waals surface area (Å²) in [6.45, 7) is 14.5. The highest BCUT2D eigenvalue weighted by Gasteiger charge is 2.68. The van der Waals surface area contributed by atoms with Crippen LogP contribution >= 0.6 is 58.3 Å². The number of carboxylic acid groups (broad SMARTS) is 1. The van der Waals surface area contributed by atoms with Crippen molar-refractivity contribution in [1.29, 1.82) is 0 Å². The normalized spacial score (nSPS) is 22.7. The Kier molecular flexibility index (Phi) is 22.4. The Balaban J connectivity index is 0.000000232. The molecular formula is C55H62Cl3F4N9O11S3Si. The van der Waals surface area contributed by atoms with Crippen LogP contribution in [0.1, 0.15) is 101 Å². The molecule has 4 aliphatic rings. The Morgan fingerprint density at radius 1 is 0.721 bits per heavy atom. The van der Waals surface area contributed by atoms with E-state index in [9.17, 15) is 32.3 Å². The van der Waals surface area contributed by atoms with E-state index in [1.54, 1.807) is 58.9 Å². The molecule has 86 heavy (non-hydrogen) atoms. The fourth-order valence-electron chi connectivity index (χ4n) is 9.26. The first-order chi connectivity index (χ1) is 39.9. The summed E-state index contributed by atoms with van der Waals surface area (Å²) < 4.78 is 100.0. The van der Waals surface area contributed by atoms with E-state index >= 15 is 4.39 Å². The summed E-state index contributed by atoms with van der Waals surface area (Å²) in [5, 5.41) is 10.1. The highest BCUT2D eigenvalue weighted by molar-refractivity contribution is 8.15. The molecule has 0 saturated heterocycles. The van der Waals surface area contributed by atoms with E-state index < -0.39 is 82.0 Å². The zero-order valence-corrected chi connectivity index (χ0v) is 53.4. The molecule has 0 bridgehead atoms. The molecule has 5 aromatic heterocycles. The molecule has 7 heterocycles. The number of amidine groups is 2. The van der Waals surface area contributed by atoms with Crippen molar-refractivity contribution in [3.8, 4) is 0 Å². The second kappa shape index (κ2) is 27.8. The number of carbonyl (C=O) groups excluding carboxylic acids is 3. The van der Waals surface area contributed by atoms with Crippen molar-refractivity contribution >= 4 is 111 Å². The van der Waals surface area contributed by atoms with Gasteiger partial charge in [0.1, 0.15) is 42.8 Å². The Bertz CT molecular complexity index is 3500. The molecule has 0 aromatic carbocycles. The van der Waals surface area contributed by atoms with Crippen LogP contribution in [-0.4, -0.2) is 136 Å². The molecule has 5 N–H and O–H groups in total. The minimum absolute atomic E-state index is 0.00212. The molecule has 0 unspecified atom stereocenters. The van der Waals surface area contributed by atoms with Crippen molar-refractivity contribution in [2.75, 3.05) is 26.7 Å². The lowest BCUT2D eigenvalue weighted by atomic mass is 9.86. The van der Waals surface area contributed by atoms with Gasteiger partial charge in [-0.05, 0) is 113 Å². The minimum Gasteiger partial charge on any atom is -0.477 e. The van der Waals surface area contributed by atoms with Gasteiger partial charge in [0.25, 0.3) is 0 Å². The molecule has 31 heteroatoms. The van der Waals surface area contributed by atoms with Crippen LogP contribution in [0.3, 0.4) is 0 Å². The van der Waals surface area contributed by atoms with E-state index in [2.05, 4.69) is 49.6 Å². The third kappa shape index (κ3) is 18.4. The van der Waals surface area contributed by atoms with E-state index in [1.807, 2.05) is 0 Å². The van der Waals surface area contributed by atoms with Gasteiger partial charge in [-0.15, -0.1) is 0 Å². The van der Waals surface area contributed by atoms with Crippen LogP contribution in [0.15, 0.2) is 89.5 Å². The van der Waals surface area contributed by atoms with Gasteiger partial charge in [-0.1, -0.05) is 78.0 Å². The molecule has 20 nitrogen and oxygen atoms in total. The smallest absolute Gasteiger partial charge is 0.418 e. The number of hydrogen-bond donors (Lipinski definition) is 4. The van der Waals surface area contributed by atoms with Crippen LogP contribution in [0.5, 0.6) is 0 Å². The molecule has 2 aliphatic carbocycles. The summed E-state index contributed by atoms with van der Waals surface area (Å²) in [5.74, 6) is -3.57. The van der Waals surface area contributed by atoms with Crippen LogP contribution in [0.2, 0.25) is 40.8 Å². The number of ether oxygens (including phenoxy) is 2. The number of aromatic nitrogens is 5. The molecular weight excluding hydrogens is 1270 g/mol. The predicted octanol–water partition coefficient (Wildman–Crippen LogP) is 11.8. The number of Topliss-reactive ketones (excluding diaryl/α,β-unsaturated/α-hetero) is 2. The number of fused-ring (bicyclic) bond motifs is 2. The summed E-state index contributed by atoms with van der Waals surface area (Å²) in [4.78, 5) is 79.0. The molecule has 464 valence electrons. The summed E-state index contributed by atoms with van der Waals surface area (Å²) in [7, 11) is -6.07. The number of hydrogen-bond acceptors (Lipinski definition) is 18. The predicted molar refractivity (Wildman–Crippen MR) is 323 cm³/mol. The standard InChI is InChI=1S/C30H39ClF2N4O4SSi.C19H17ClF2N4OS.C6H4ClNO2.H2O4S/c1-28(2,3)41-27(39)37(18-40-10-11-43(5,6)7)26-36-29(4,24-14-30(24,17-32)42-26)21-12-19(15-35-25(21)33)13-23(38)22-9-8-20(31)16-34-22;1-18(15-6-19(15,9-21)28-17(23)26-18)12-4-10(7-25-16(12)22)5-14(27)13-3-2-11(20)8-24-13;7-4-1-2-5(6(9)10)8-3-4;1-5(2,3)4/h8-9,12,15-16,24H,10-11,13-14,17-18H2,1-7H3;2-4,7-8,15H,5-6,9H2,1H3,(H2,23,26);1-3H,(H,9,10);(H2,1,2,3,4)/t24-,29+,30+;15-,18+,19+;;/m00../s1. The lowest BCUT2D eigenvalue weighted by molar-refractivity contribution is 0.0109. The number of nitrogens with zero attached hydrogens (tertiary/aromatic N) is 8. The third-order valence-electron chi connectivity index (χ3n) is 13.8. The zero-order chi connectivity index (χ0) is 64.0. The van der Waals surface area contributed by atoms with Crippen molar-refractivity contribution in [2.24, 2.45) is 27.6 Å². The Morgan fingerprint density at radius 2 is 1.14 bits per heavy atom. The SMILES string of the molecule is CC(C)(C)OC(=O)N(COCC[Si](C)(C)C)C1=N[C@](C)(c2cc(CC(=O)c3ccc(Cl)cn3)cnc2F)[C@@H]2C[C@]2(CF)S1.C[C@]1(c2cc(CC(=O)c3ccc(Cl)cn3)cnc2F)N=C(N)S[C@@]2(CF)C[C@H]21.O=C(O)c1ccc(Cl)cn1.O=S(=O)(O)O. The minimum atomic E-state index is -4.67. The van der Waals surface area contributed by atoms with E-state index in [0.29, 0.717) is 45.6 Å². The molecule has 2 aliphatic heterocycles. The van der Waals surface area contributed by atoms with Gasteiger partial charge in [0.15, 0.2) is 21.9 Å². The fourth-order valence-corrected chi connectivity index (χ4v) is 13.2. The quantitative estimate of drug-likeness (QED) is 0.0136. The summed E-state index contributed by atoms with van der Waals surface area (Å²) in [6, 6.07) is 13.1. The van der Waals surface area contributed by atoms with Crippen molar-refractivity contribution in [3.63, 3.8) is 0 Å². The molecule has 1 amide bonds. The zero-order valence-electron chi connectivity index (χ0n) is 47.7. The maximum absolute atomic E-state index is 15.5. The first-order valence-corrected chi connectivity index (χ1v) is 34.0. The number of rotatable bonds is 16. The van der Waals surface area contributed by atoms with Gasteiger partial charge in [0.2, 0.25) is 11.9 Å². The highest BCUT2D eigenvalue weighted by atomic mass is 35.5. The number of carbonyl (C=O) groups is 4. The summed E-state index contributed by atoms with van der Waals surface area (Å²) in [6.07, 6.45) is 6.91. The monoisotopic (exact) mass is 1330 g/mol. The number of nitrogens with two attached hydrogens (primary N) is 1. The Morgan fingerprint density at radius 3 is 1.52 bits per heavy atom. The first-order valence-electron chi connectivity index (χ1n) is 26.1. The second-order valence-electron chi connectivity index (χ2n) is 22.9. The number of thioether (sulfide) groups is 2. The Labute approximate surface area is 518 Å². The van der Waals surface area contributed by atoms with E-state index in [-0.39, 0.29) is 81.5 Å². The Hall–Kier alpha value is -5.69. The third-order valence-corrected chi connectivity index (χ3v) is 18.9. The van der Waals surface area contributed by atoms with Crippen molar-refractivity contribution in [3.05, 3.63) is 146 Å². The average molecular weight is 1330 g/mol. The van der Waals surface area contributed by atoms with E-state index in [0.717, 1.165) is 17.8 Å². The van der Waals surface area contributed by atoms with Gasteiger partial charge in [-0.25, -0.2) is 38.2 Å². The molecule has 0 spiro atoms. The molecule has 6 atom stereocenters. The van der Waals surface area contributed by atoms with Gasteiger partial charge in [-0.2, -0.15) is 17.2 Å². The number of ketones is 2. The van der Waals surface area contributed by atoms with Crippen LogP contribution in [0.4, 0.5) is 22.4 Å². The lowest BCUT2D eigenvalue weighted by Gasteiger charge is -2.37. The van der Waals surface area contributed by atoms with Gasteiger partial charge >= 0.3 is 22.5 Å². The summed E-state index contributed by atoms with van der Waals surface area (Å²) >= 11 is 19.5. The van der Waals surface area contributed by atoms with Crippen molar-refractivity contribution in [1.82, 2.24) is 29.8 Å². The molecule has 9 rings (SSSR count). The average Bonchev–Trinajstić information content (AvgIpc) is 1.54. The van der Waals surface area contributed by atoms with Crippen LogP contribution in [0, 0.1) is 23.7 Å². The number of halogens is 7. The van der Waals surface area contributed by atoms with Crippen molar-refractivity contribution < 1.29 is 68.8 Å². The van der Waals surface area contributed by atoms with Crippen molar-refractivity contribution in [2.45, 2.75) is 112 Å². The van der Waals surface area contributed by atoms with Gasteiger partial charge in [-0.3, -0.25) is 38.6 Å². The summed E-state index contributed by atoms with van der Waals surface area (Å²) in [5.41, 5.74) is 4.66. The first kappa shape index (κ1) is 69.4. The van der Waals surface area contributed by atoms with E-state index in [1.165, 1.54) is 71.9 Å². The molecule has 2 saturated carbocycles. The van der Waals surface area contributed by atoms with E-state index in [4.69, 9.17) is 77.6 Å². The van der Waals surface area contributed by atoms with Gasteiger partial charge in [0.05, 0.1) is 35.6 Å². The maximum atomic E-state index is 15.5. The second-order valence-corrected chi connectivity index (χ2v) is 33.6. The lowest BCUT2D eigenvalue weighted by Crippen LogP contribution is -2.46.